The van der Waals surface area contributed by atoms with Gasteiger partial charge in [0, 0.05) is 13.1 Å². The number of benzene rings is 1. The average molecular weight is 263 g/mol. The van der Waals surface area contributed by atoms with Crippen molar-refractivity contribution in [2.45, 2.75) is 26.0 Å². The van der Waals surface area contributed by atoms with Crippen molar-refractivity contribution in [2.75, 3.05) is 26.3 Å². The number of fused-ring (bicyclic) bond motifs is 1. The molecule has 2 unspecified atom stereocenters. The third-order valence-corrected chi connectivity index (χ3v) is 4.02. The molecule has 2 aliphatic heterocycles. The Labute approximate surface area is 113 Å². The topological polar surface area (TPSA) is 41.9 Å². The summed E-state index contributed by atoms with van der Waals surface area (Å²) in [5.41, 5.74) is 1.21. The number of β-amino-alcohol motifs (C(OH)–C–C–N with tert-alkyl or cyclic N) is 1. The van der Waals surface area contributed by atoms with E-state index < -0.39 is 0 Å². The lowest BCUT2D eigenvalue weighted by atomic mass is 9.96. The highest BCUT2D eigenvalue weighted by Crippen LogP contribution is 2.31. The van der Waals surface area contributed by atoms with E-state index in [1.54, 1.807) is 0 Å². The van der Waals surface area contributed by atoms with Crippen LogP contribution in [0.15, 0.2) is 18.2 Å². The Morgan fingerprint density at radius 1 is 1.26 bits per heavy atom. The van der Waals surface area contributed by atoms with Crippen molar-refractivity contribution < 1.29 is 14.6 Å². The van der Waals surface area contributed by atoms with E-state index in [-0.39, 0.29) is 6.10 Å². The second kappa shape index (κ2) is 5.39. The first-order chi connectivity index (χ1) is 9.22. The summed E-state index contributed by atoms with van der Waals surface area (Å²) in [5.74, 6) is 2.09. The zero-order valence-corrected chi connectivity index (χ0v) is 11.3. The van der Waals surface area contributed by atoms with Crippen molar-refractivity contribution >= 4 is 0 Å². The van der Waals surface area contributed by atoms with Crippen LogP contribution in [0.5, 0.6) is 11.5 Å². The van der Waals surface area contributed by atoms with E-state index >= 15 is 0 Å². The molecule has 0 amide bonds. The highest BCUT2D eigenvalue weighted by molar-refractivity contribution is 5.43. The Morgan fingerprint density at radius 3 is 2.84 bits per heavy atom. The van der Waals surface area contributed by atoms with E-state index in [2.05, 4.69) is 24.0 Å². The van der Waals surface area contributed by atoms with Crippen molar-refractivity contribution in [3.8, 4) is 11.5 Å². The lowest BCUT2D eigenvalue weighted by Crippen LogP contribution is -2.42. The number of aliphatic hydroxyl groups is 1. The molecule has 2 aliphatic rings. The lowest BCUT2D eigenvalue weighted by Gasteiger charge is -2.34. The molecule has 0 radical (unpaired) electrons. The molecule has 104 valence electrons. The van der Waals surface area contributed by atoms with Gasteiger partial charge in [-0.05, 0) is 36.6 Å². The number of hydrogen-bond acceptors (Lipinski definition) is 4. The number of piperidine rings is 1. The predicted molar refractivity (Wildman–Crippen MR) is 72.5 cm³/mol. The number of nitrogens with zero attached hydrogens (tertiary/aromatic N) is 1. The number of ether oxygens (including phenoxy) is 2. The van der Waals surface area contributed by atoms with Gasteiger partial charge < -0.3 is 14.6 Å². The molecule has 2 heterocycles. The summed E-state index contributed by atoms with van der Waals surface area (Å²) in [5, 5.41) is 9.93. The molecule has 0 spiro atoms. The highest BCUT2D eigenvalue weighted by Gasteiger charge is 2.24. The largest absolute Gasteiger partial charge is 0.486 e. The van der Waals surface area contributed by atoms with Crippen molar-refractivity contribution in [2.24, 2.45) is 5.92 Å². The standard InChI is InChI=1S/C15H21NO3/c1-11-4-5-16(10-13(11)17)9-12-2-3-14-15(8-12)19-7-6-18-14/h2-3,8,11,13,17H,4-7,9-10H2,1H3. The van der Waals surface area contributed by atoms with E-state index in [9.17, 15) is 5.11 Å². The number of likely N-dealkylation sites (tertiary alicyclic amines) is 1. The Balaban J connectivity index is 1.66. The normalized spacial score (nSPS) is 27.3. The molecule has 3 rings (SSSR count). The lowest BCUT2D eigenvalue weighted by molar-refractivity contribution is 0.0258. The van der Waals surface area contributed by atoms with Crippen LogP contribution in [0.25, 0.3) is 0 Å². The number of aliphatic hydroxyl groups excluding tert-OH is 1. The molecule has 2 atom stereocenters. The molecular weight excluding hydrogens is 242 g/mol. The fraction of sp³-hybridized carbons (Fsp3) is 0.600. The van der Waals surface area contributed by atoms with Gasteiger partial charge in [0.1, 0.15) is 13.2 Å². The smallest absolute Gasteiger partial charge is 0.161 e. The molecular formula is C15H21NO3. The van der Waals surface area contributed by atoms with Crippen LogP contribution in [-0.4, -0.2) is 42.4 Å². The van der Waals surface area contributed by atoms with Gasteiger partial charge in [0.2, 0.25) is 0 Å². The molecule has 1 fully saturated rings. The fourth-order valence-electron chi connectivity index (χ4n) is 2.70. The van der Waals surface area contributed by atoms with Crippen molar-refractivity contribution in [1.82, 2.24) is 4.90 Å². The van der Waals surface area contributed by atoms with Crippen LogP contribution in [-0.2, 0) is 6.54 Å². The summed E-state index contributed by atoms with van der Waals surface area (Å²) in [6, 6.07) is 6.11. The SMILES string of the molecule is CC1CCN(Cc2ccc3c(c2)OCCO3)CC1O. The van der Waals surface area contributed by atoms with Gasteiger partial charge in [-0.3, -0.25) is 4.90 Å². The minimum atomic E-state index is -0.203. The minimum Gasteiger partial charge on any atom is -0.486 e. The average Bonchev–Trinajstić information content (AvgIpc) is 2.43. The molecule has 0 saturated carbocycles. The van der Waals surface area contributed by atoms with E-state index in [1.807, 2.05) is 6.07 Å². The summed E-state index contributed by atoms with van der Waals surface area (Å²) in [6.07, 6.45) is 0.858. The second-order valence-electron chi connectivity index (χ2n) is 5.55. The van der Waals surface area contributed by atoms with E-state index in [0.29, 0.717) is 19.1 Å². The van der Waals surface area contributed by atoms with Crippen LogP contribution in [0.4, 0.5) is 0 Å². The van der Waals surface area contributed by atoms with E-state index in [0.717, 1.165) is 37.6 Å². The van der Waals surface area contributed by atoms with Gasteiger partial charge in [-0.25, -0.2) is 0 Å². The van der Waals surface area contributed by atoms with Crippen LogP contribution < -0.4 is 9.47 Å². The molecule has 0 bridgehead atoms. The molecule has 4 nitrogen and oxygen atoms in total. The Bertz CT molecular complexity index is 449. The maximum atomic E-state index is 9.93. The van der Waals surface area contributed by atoms with Crippen LogP contribution in [0, 0.1) is 5.92 Å². The zero-order chi connectivity index (χ0) is 13.2. The Morgan fingerprint density at radius 2 is 2.05 bits per heavy atom. The highest BCUT2D eigenvalue weighted by atomic mass is 16.6. The van der Waals surface area contributed by atoms with Crippen LogP contribution in [0.3, 0.4) is 0 Å². The van der Waals surface area contributed by atoms with Gasteiger partial charge in [-0.15, -0.1) is 0 Å². The van der Waals surface area contributed by atoms with Gasteiger partial charge in [-0.2, -0.15) is 0 Å². The summed E-state index contributed by atoms with van der Waals surface area (Å²) in [4.78, 5) is 2.30. The minimum absolute atomic E-state index is 0.203. The molecule has 1 aromatic rings. The molecule has 1 saturated heterocycles. The monoisotopic (exact) mass is 263 g/mol. The Hall–Kier alpha value is -1.26. The maximum absolute atomic E-state index is 9.93. The van der Waals surface area contributed by atoms with Crippen molar-refractivity contribution in [1.29, 1.82) is 0 Å². The van der Waals surface area contributed by atoms with Crippen LogP contribution in [0.1, 0.15) is 18.9 Å². The van der Waals surface area contributed by atoms with Gasteiger partial charge in [0.15, 0.2) is 11.5 Å². The number of hydrogen-bond donors (Lipinski definition) is 1. The molecule has 0 aromatic heterocycles. The quantitative estimate of drug-likeness (QED) is 0.881. The first-order valence-electron chi connectivity index (χ1n) is 7.01. The zero-order valence-electron chi connectivity index (χ0n) is 11.3. The van der Waals surface area contributed by atoms with Gasteiger partial charge in [-0.1, -0.05) is 13.0 Å². The summed E-state index contributed by atoms with van der Waals surface area (Å²) >= 11 is 0. The molecule has 19 heavy (non-hydrogen) atoms. The third kappa shape index (κ3) is 2.85. The third-order valence-electron chi connectivity index (χ3n) is 4.02. The van der Waals surface area contributed by atoms with Gasteiger partial charge in [0.05, 0.1) is 6.10 Å². The fourth-order valence-corrected chi connectivity index (χ4v) is 2.70. The first-order valence-corrected chi connectivity index (χ1v) is 7.01. The van der Waals surface area contributed by atoms with Crippen molar-refractivity contribution in [3.63, 3.8) is 0 Å². The van der Waals surface area contributed by atoms with E-state index in [1.165, 1.54) is 5.56 Å². The van der Waals surface area contributed by atoms with Crippen LogP contribution >= 0.6 is 0 Å². The van der Waals surface area contributed by atoms with Gasteiger partial charge >= 0.3 is 0 Å². The summed E-state index contributed by atoms with van der Waals surface area (Å²) in [7, 11) is 0. The Kier molecular flexibility index (Phi) is 3.62. The molecule has 1 N–H and O–H groups in total. The van der Waals surface area contributed by atoms with E-state index in [4.69, 9.17) is 9.47 Å². The maximum Gasteiger partial charge on any atom is 0.161 e. The molecule has 1 aromatic carbocycles. The van der Waals surface area contributed by atoms with Crippen molar-refractivity contribution in [3.05, 3.63) is 23.8 Å². The molecule has 4 heteroatoms. The summed E-state index contributed by atoms with van der Waals surface area (Å²) < 4.78 is 11.1. The molecule has 0 aliphatic carbocycles. The van der Waals surface area contributed by atoms with Crippen LogP contribution in [0.2, 0.25) is 0 Å². The predicted octanol–water partition coefficient (Wildman–Crippen LogP) is 1.66. The first kappa shape index (κ1) is 12.8. The van der Waals surface area contributed by atoms with Gasteiger partial charge in [0.25, 0.3) is 0 Å². The summed E-state index contributed by atoms with van der Waals surface area (Å²) in [6.45, 7) is 6.04. The number of rotatable bonds is 2. The second-order valence-corrected chi connectivity index (χ2v) is 5.55.